The molecule has 6 heteroatoms. The van der Waals surface area contributed by atoms with Crippen LogP contribution < -0.4 is 10.2 Å². The van der Waals surface area contributed by atoms with Crippen molar-refractivity contribution in [2.45, 2.75) is 45.6 Å². The average Bonchev–Trinajstić information content (AvgIpc) is 2.96. The van der Waals surface area contributed by atoms with Gasteiger partial charge in [-0.05, 0) is 37.5 Å². The van der Waals surface area contributed by atoms with Gasteiger partial charge in [0.05, 0.1) is 5.92 Å². The fraction of sp³-hybridized carbons (Fsp3) is 0.500. The third-order valence-corrected chi connectivity index (χ3v) is 4.73. The lowest BCUT2D eigenvalue weighted by molar-refractivity contribution is -0.147. The molecule has 0 aromatic heterocycles. The predicted octanol–water partition coefficient (Wildman–Crippen LogP) is 1.97. The maximum Gasteiger partial charge on any atom is 0.329 e. The van der Waals surface area contributed by atoms with Crippen molar-refractivity contribution in [3.05, 3.63) is 29.8 Å². The smallest absolute Gasteiger partial charge is 0.329 e. The summed E-state index contributed by atoms with van der Waals surface area (Å²) in [6.07, 6.45) is 1.29. The van der Waals surface area contributed by atoms with E-state index in [1.54, 1.807) is 11.8 Å². The van der Waals surface area contributed by atoms with Crippen LogP contribution in [0.25, 0.3) is 0 Å². The Balaban J connectivity index is 2.08. The number of carbonyl (C=O) groups excluding carboxylic acids is 2. The molecule has 1 aliphatic rings. The van der Waals surface area contributed by atoms with Crippen molar-refractivity contribution in [2.24, 2.45) is 5.92 Å². The Morgan fingerprint density at radius 3 is 2.42 bits per heavy atom. The lowest BCUT2D eigenvalue weighted by Gasteiger charge is -2.26. The zero-order valence-corrected chi connectivity index (χ0v) is 14.3. The SMILES string of the molecule is CCc1ccc(N2CC(C(=O)NC(C)(CC)C(=O)O)CC2=O)cc1. The number of rotatable bonds is 6. The second-order valence-electron chi connectivity index (χ2n) is 6.41. The van der Waals surface area contributed by atoms with Crippen molar-refractivity contribution in [3.8, 4) is 0 Å². The molecule has 0 aliphatic carbocycles. The van der Waals surface area contributed by atoms with Crippen molar-refractivity contribution in [1.82, 2.24) is 5.32 Å². The number of hydrogen-bond acceptors (Lipinski definition) is 3. The summed E-state index contributed by atoms with van der Waals surface area (Å²) < 4.78 is 0. The first kappa shape index (κ1) is 18.0. The van der Waals surface area contributed by atoms with E-state index in [0.717, 1.165) is 12.1 Å². The third-order valence-electron chi connectivity index (χ3n) is 4.73. The predicted molar refractivity (Wildman–Crippen MR) is 90.8 cm³/mol. The van der Waals surface area contributed by atoms with Crippen LogP contribution in [-0.4, -0.2) is 35.0 Å². The minimum Gasteiger partial charge on any atom is -0.480 e. The van der Waals surface area contributed by atoms with Gasteiger partial charge < -0.3 is 15.3 Å². The molecule has 2 unspecified atom stereocenters. The Bertz CT molecular complexity index is 641. The summed E-state index contributed by atoms with van der Waals surface area (Å²) in [6.45, 7) is 5.51. The van der Waals surface area contributed by atoms with Crippen LogP contribution in [0, 0.1) is 5.92 Å². The van der Waals surface area contributed by atoms with E-state index in [2.05, 4.69) is 12.2 Å². The van der Waals surface area contributed by atoms with Gasteiger partial charge in [-0.25, -0.2) is 4.79 Å². The fourth-order valence-corrected chi connectivity index (χ4v) is 2.71. The molecule has 1 saturated heterocycles. The number of benzene rings is 1. The van der Waals surface area contributed by atoms with Crippen LogP contribution in [0.3, 0.4) is 0 Å². The van der Waals surface area contributed by atoms with E-state index in [4.69, 9.17) is 0 Å². The molecule has 130 valence electrons. The number of hydrogen-bond donors (Lipinski definition) is 2. The van der Waals surface area contributed by atoms with Gasteiger partial charge in [-0.1, -0.05) is 26.0 Å². The molecule has 2 amide bonds. The van der Waals surface area contributed by atoms with Gasteiger partial charge in [-0.3, -0.25) is 9.59 Å². The highest BCUT2D eigenvalue weighted by Crippen LogP contribution is 2.26. The highest BCUT2D eigenvalue weighted by molar-refractivity contribution is 6.01. The van der Waals surface area contributed by atoms with Crippen molar-refractivity contribution in [3.63, 3.8) is 0 Å². The van der Waals surface area contributed by atoms with Gasteiger partial charge in [0.15, 0.2) is 0 Å². The second kappa shape index (κ2) is 7.03. The van der Waals surface area contributed by atoms with E-state index in [9.17, 15) is 19.5 Å². The Labute approximate surface area is 141 Å². The number of nitrogens with zero attached hydrogens (tertiary/aromatic N) is 1. The number of nitrogens with one attached hydrogen (secondary N) is 1. The topological polar surface area (TPSA) is 86.7 Å². The number of anilines is 1. The molecular weight excluding hydrogens is 308 g/mol. The number of carboxylic acids is 1. The maximum atomic E-state index is 12.4. The first-order valence-corrected chi connectivity index (χ1v) is 8.25. The number of carboxylic acid groups (broad SMARTS) is 1. The third kappa shape index (κ3) is 3.58. The van der Waals surface area contributed by atoms with Crippen molar-refractivity contribution < 1.29 is 19.5 Å². The van der Waals surface area contributed by atoms with Gasteiger partial charge in [0.1, 0.15) is 5.54 Å². The average molecular weight is 332 g/mol. The van der Waals surface area contributed by atoms with E-state index in [1.807, 2.05) is 24.3 Å². The summed E-state index contributed by atoms with van der Waals surface area (Å²) in [5, 5.41) is 11.8. The normalized spacial score (nSPS) is 19.9. The van der Waals surface area contributed by atoms with E-state index >= 15 is 0 Å². The highest BCUT2D eigenvalue weighted by atomic mass is 16.4. The van der Waals surface area contributed by atoms with Crippen molar-refractivity contribution in [2.75, 3.05) is 11.4 Å². The van der Waals surface area contributed by atoms with Gasteiger partial charge in [0.2, 0.25) is 11.8 Å². The quantitative estimate of drug-likeness (QED) is 0.834. The number of aryl methyl sites for hydroxylation is 1. The van der Waals surface area contributed by atoms with Gasteiger partial charge in [-0.15, -0.1) is 0 Å². The van der Waals surface area contributed by atoms with E-state index in [0.29, 0.717) is 0 Å². The zero-order valence-electron chi connectivity index (χ0n) is 14.3. The summed E-state index contributed by atoms with van der Waals surface area (Å²) in [5.74, 6) is -2.11. The van der Waals surface area contributed by atoms with Crippen molar-refractivity contribution >= 4 is 23.5 Å². The molecule has 24 heavy (non-hydrogen) atoms. The van der Waals surface area contributed by atoms with Crippen LogP contribution in [0.5, 0.6) is 0 Å². The van der Waals surface area contributed by atoms with Crippen LogP contribution in [0.4, 0.5) is 5.69 Å². The van der Waals surface area contributed by atoms with Gasteiger partial charge in [0.25, 0.3) is 0 Å². The Morgan fingerprint density at radius 2 is 1.92 bits per heavy atom. The Hall–Kier alpha value is -2.37. The van der Waals surface area contributed by atoms with Crippen LogP contribution in [0.1, 0.15) is 39.2 Å². The molecule has 1 aromatic carbocycles. The van der Waals surface area contributed by atoms with Gasteiger partial charge >= 0.3 is 5.97 Å². The fourth-order valence-electron chi connectivity index (χ4n) is 2.71. The van der Waals surface area contributed by atoms with Crippen molar-refractivity contribution in [1.29, 1.82) is 0 Å². The van der Waals surface area contributed by atoms with Crippen LogP contribution >= 0.6 is 0 Å². The summed E-state index contributed by atoms with van der Waals surface area (Å²) in [4.78, 5) is 37.5. The van der Waals surface area contributed by atoms with E-state index < -0.39 is 17.4 Å². The summed E-state index contributed by atoms with van der Waals surface area (Å²) >= 11 is 0. The first-order chi connectivity index (χ1) is 11.3. The van der Waals surface area contributed by atoms with E-state index in [1.165, 1.54) is 12.5 Å². The minimum atomic E-state index is -1.31. The number of aliphatic carboxylic acids is 1. The molecule has 0 radical (unpaired) electrons. The molecule has 1 fully saturated rings. The molecule has 1 aliphatic heterocycles. The summed E-state index contributed by atoms with van der Waals surface area (Å²) in [5.41, 5.74) is 0.639. The monoisotopic (exact) mass is 332 g/mol. The molecule has 2 atom stereocenters. The molecule has 0 bridgehead atoms. The molecule has 0 spiro atoms. The molecule has 6 nitrogen and oxygen atoms in total. The molecule has 2 rings (SSSR count). The zero-order chi connectivity index (χ0) is 17.9. The lowest BCUT2D eigenvalue weighted by atomic mass is 9.97. The first-order valence-electron chi connectivity index (χ1n) is 8.25. The summed E-state index contributed by atoms with van der Waals surface area (Å²) in [7, 11) is 0. The number of amides is 2. The Morgan fingerprint density at radius 1 is 1.29 bits per heavy atom. The molecule has 1 aromatic rings. The van der Waals surface area contributed by atoms with Gasteiger partial charge in [-0.2, -0.15) is 0 Å². The Kier molecular flexibility index (Phi) is 5.26. The van der Waals surface area contributed by atoms with E-state index in [-0.39, 0.29) is 31.2 Å². The maximum absolute atomic E-state index is 12.4. The second-order valence-corrected chi connectivity index (χ2v) is 6.41. The van der Waals surface area contributed by atoms with Gasteiger partial charge in [0, 0.05) is 18.7 Å². The molecule has 1 heterocycles. The molecule has 2 N–H and O–H groups in total. The minimum absolute atomic E-state index is 0.0980. The van der Waals surface area contributed by atoms with Crippen LogP contribution in [0.2, 0.25) is 0 Å². The van der Waals surface area contributed by atoms with Crippen LogP contribution in [0.15, 0.2) is 24.3 Å². The van der Waals surface area contributed by atoms with Crippen LogP contribution in [-0.2, 0) is 20.8 Å². The standard InChI is InChI=1S/C18H24N2O4/c1-4-12-6-8-14(9-7-12)20-11-13(10-15(20)21)16(22)19-18(3,5-2)17(23)24/h6-9,13H,4-5,10-11H2,1-3H3,(H,19,22)(H,23,24). The highest BCUT2D eigenvalue weighted by Gasteiger charge is 2.39. The largest absolute Gasteiger partial charge is 0.480 e. The summed E-state index contributed by atoms with van der Waals surface area (Å²) in [6, 6.07) is 7.69. The number of carbonyl (C=O) groups is 3. The molecule has 0 saturated carbocycles. The molecular formula is C18H24N2O4. The lowest BCUT2D eigenvalue weighted by Crippen LogP contribution is -2.53.